The Bertz CT molecular complexity index is 750. The van der Waals surface area contributed by atoms with Gasteiger partial charge in [-0.25, -0.2) is 0 Å². The highest BCUT2D eigenvalue weighted by atomic mass is 14.4. The average Bonchev–Trinajstić information content (AvgIpc) is 2.48. The summed E-state index contributed by atoms with van der Waals surface area (Å²) in [5, 5.41) is 0. The van der Waals surface area contributed by atoms with Gasteiger partial charge in [0.2, 0.25) is 0 Å². The van der Waals surface area contributed by atoms with Crippen molar-refractivity contribution in [2.75, 3.05) is 0 Å². The van der Waals surface area contributed by atoms with Crippen LogP contribution in [0.4, 0.5) is 0 Å². The van der Waals surface area contributed by atoms with Gasteiger partial charge in [0.25, 0.3) is 0 Å². The highest BCUT2D eigenvalue weighted by molar-refractivity contribution is 5.92. The summed E-state index contributed by atoms with van der Waals surface area (Å²) in [6.07, 6.45) is 14.8. The van der Waals surface area contributed by atoms with Gasteiger partial charge in [-0.2, -0.15) is 0 Å². The van der Waals surface area contributed by atoms with Crippen LogP contribution in [0.25, 0.3) is 11.6 Å². The molecule has 1 unspecified atom stereocenters. The first-order valence-corrected chi connectivity index (χ1v) is 7.28. The smallest absolute Gasteiger partial charge is 0.0428 e. The molecule has 1 aromatic carbocycles. The first-order valence-electron chi connectivity index (χ1n) is 7.28. The monoisotopic (exact) mass is 258 g/mol. The molecule has 3 aliphatic rings. The first kappa shape index (κ1) is 11.7. The van der Waals surface area contributed by atoms with Gasteiger partial charge in [0.1, 0.15) is 0 Å². The van der Waals surface area contributed by atoms with Gasteiger partial charge in [-0.15, -0.1) is 0 Å². The van der Waals surface area contributed by atoms with Gasteiger partial charge >= 0.3 is 0 Å². The van der Waals surface area contributed by atoms with E-state index in [4.69, 9.17) is 0 Å². The third kappa shape index (κ3) is 1.37. The van der Waals surface area contributed by atoms with Crippen molar-refractivity contribution < 1.29 is 0 Å². The van der Waals surface area contributed by atoms with Crippen molar-refractivity contribution in [1.82, 2.24) is 0 Å². The Labute approximate surface area is 120 Å². The fourth-order valence-corrected chi connectivity index (χ4v) is 3.78. The fraction of sp³-hybridized carbons (Fsp3) is 0.200. The molecular formula is C20H18. The molecule has 0 fully saturated rings. The zero-order valence-corrected chi connectivity index (χ0v) is 12.0. The molecule has 0 bridgehead atoms. The van der Waals surface area contributed by atoms with E-state index in [1.54, 1.807) is 0 Å². The van der Waals surface area contributed by atoms with Crippen LogP contribution in [0.2, 0.25) is 0 Å². The molecule has 4 rings (SSSR count). The van der Waals surface area contributed by atoms with Crippen LogP contribution in [0.3, 0.4) is 0 Å². The molecule has 0 radical (unpaired) electrons. The number of allylic oxidation sites excluding steroid dienone is 9. The summed E-state index contributed by atoms with van der Waals surface area (Å²) in [4.78, 5) is 0. The van der Waals surface area contributed by atoms with Crippen LogP contribution in [0.1, 0.15) is 31.4 Å². The second kappa shape index (κ2) is 3.96. The van der Waals surface area contributed by atoms with Crippen LogP contribution in [-0.2, 0) is 0 Å². The Hall–Kier alpha value is -2.08. The summed E-state index contributed by atoms with van der Waals surface area (Å²) in [6, 6.07) is 8.79. The molecule has 0 nitrogen and oxygen atoms in total. The van der Waals surface area contributed by atoms with E-state index in [1.165, 1.54) is 33.4 Å². The number of rotatable bonds is 0. The van der Waals surface area contributed by atoms with Gasteiger partial charge in [-0.3, -0.25) is 0 Å². The van der Waals surface area contributed by atoms with Gasteiger partial charge in [-0.05, 0) is 54.2 Å². The highest BCUT2D eigenvalue weighted by Gasteiger charge is 2.41. The largest absolute Gasteiger partial charge is 0.0798 e. The van der Waals surface area contributed by atoms with E-state index in [0.29, 0.717) is 0 Å². The Morgan fingerprint density at radius 3 is 2.80 bits per heavy atom. The summed E-state index contributed by atoms with van der Waals surface area (Å²) in [5.41, 5.74) is 8.61. The predicted octanol–water partition coefficient (Wildman–Crippen LogP) is 5.32. The van der Waals surface area contributed by atoms with E-state index in [-0.39, 0.29) is 5.41 Å². The summed E-state index contributed by atoms with van der Waals surface area (Å²) >= 11 is 0. The predicted molar refractivity (Wildman–Crippen MR) is 86.1 cm³/mol. The highest BCUT2D eigenvalue weighted by Crippen LogP contribution is 2.56. The van der Waals surface area contributed by atoms with E-state index in [0.717, 1.165) is 6.42 Å². The molecule has 0 N–H and O–H groups in total. The SMILES string of the molecule is CC1=CCC23C=CC=CC2=Cc2ccccc2C3=C1C. The number of hydrogen-bond acceptors (Lipinski definition) is 0. The van der Waals surface area contributed by atoms with Gasteiger partial charge in [0.15, 0.2) is 0 Å². The van der Waals surface area contributed by atoms with Crippen LogP contribution >= 0.6 is 0 Å². The summed E-state index contributed by atoms with van der Waals surface area (Å²) in [7, 11) is 0. The fourth-order valence-electron chi connectivity index (χ4n) is 3.78. The molecule has 0 aliphatic heterocycles. The molecule has 1 atom stereocenters. The van der Waals surface area contributed by atoms with E-state index in [9.17, 15) is 0 Å². The molecule has 98 valence electrons. The third-order valence-electron chi connectivity index (χ3n) is 4.97. The van der Waals surface area contributed by atoms with Gasteiger partial charge < -0.3 is 0 Å². The number of fused-ring (bicyclic) bond motifs is 2. The van der Waals surface area contributed by atoms with Crippen LogP contribution in [0, 0.1) is 5.41 Å². The van der Waals surface area contributed by atoms with E-state index in [2.05, 4.69) is 74.6 Å². The Kier molecular flexibility index (Phi) is 2.32. The zero-order chi connectivity index (χ0) is 13.7. The maximum Gasteiger partial charge on any atom is 0.0428 e. The molecule has 1 spiro atoms. The molecule has 1 aromatic rings. The standard InChI is InChI=1S/C20H18/c1-14-10-12-20-11-6-5-8-17(20)13-16-7-3-4-9-18(16)19(20)15(14)2/h3-11,13H,12H2,1-2H3. The molecule has 3 aliphatic carbocycles. The minimum atomic E-state index is 0.0622. The second-order valence-corrected chi connectivity index (χ2v) is 5.97. The van der Waals surface area contributed by atoms with E-state index < -0.39 is 0 Å². The lowest BCUT2D eigenvalue weighted by Crippen LogP contribution is -2.29. The maximum atomic E-state index is 2.39. The molecule has 0 saturated carbocycles. The van der Waals surface area contributed by atoms with Crippen molar-refractivity contribution in [3.63, 3.8) is 0 Å². The Morgan fingerprint density at radius 1 is 1.05 bits per heavy atom. The molecule has 0 heterocycles. The van der Waals surface area contributed by atoms with Crippen LogP contribution < -0.4 is 0 Å². The van der Waals surface area contributed by atoms with Crippen molar-refractivity contribution >= 4 is 11.6 Å². The summed E-state index contributed by atoms with van der Waals surface area (Å²) < 4.78 is 0. The molecule has 0 aromatic heterocycles. The average molecular weight is 258 g/mol. The summed E-state index contributed by atoms with van der Waals surface area (Å²) in [5.74, 6) is 0. The Balaban J connectivity index is 2.12. The lowest BCUT2D eigenvalue weighted by molar-refractivity contribution is 0.614. The molecule has 0 heteroatoms. The lowest BCUT2D eigenvalue weighted by atomic mass is 9.60. The zero-order valence-electron chi connectivity index (χ0n) is 12.0. The lowest BCUT2D eigenvalue weighted by Gasteiger charge is -2.43. The molecule has 20 heavy (non-hydrogen) atoms. The van der Waals surface area contributed by atoms with Crippen LogP contribution in [-0.4, -0.2) is 0 Å². The minimum absolute atomic E-state index is 0.0622. The minimum Gasteiger partial charge on any atom is -0.0798 e. The number of hydrogen-bond donors (Lipinski definition) is 0. The van der Waals surface area contributed by atoms with Crippen LogP contribution in [0.5, 0.6) is 0 Å². The third-order valence-corrected chi connectivity index (χ3v) is 4.97. The van der Waals surface area contributed by atoms with Crippen molar-refractivity contribution in [1.29, 1.82) is 0 Å². The van der Waals surface area contributed by atoms with Gasteiger partial charge in [-0.1, -0.05) is 60.2 Å². The van der Waals surface area contributed by atoms with Crippen molar-refractivity contribution in [2.45, 2.75) is 20.3 Å². The normalized spacial score (nSPS) is 26.5. The summed E-state index contributed by atoms with van der Waals surface area (Å²) in [6.45, 7) is 4.51. The van der Waals surface area contributed by atoms with E-state index in [1.807, 2.05) is 0 Å². The van der Waals surface area contributed by atoms with Gasteiger partial charge in [0.05, 0.1) is 0 Å². The molecule has 0 saturated heterocycles. The van der Waals surface area contributed by atoms with E-state index >= 15 is 0 Å². The van der Waals surface area contributed by atoms with Gasteiger partial charge in [0, 0.05) is 5.41 Å². The Morgan fingerprint density at radius 2 is 1.90 bits per heavy atom. The second-order valence-electron chi connectivity index (χ2n) is 5.97. The quantitative estimate of drug-likeness (QED) is 0.591. The molecule has 0 amide bonds. The molecular weight excluding hydrogens is 240 g/mol. The first-order chi connectivity index (χ1) is 9.72. The van der Waals surface area contributed by atoms with Crippen molar-refractivity contribution in [3.05, 3.63) is 82.5 Å². The van der Waals surface area contributed by atoms with Crippen LogP contribution in [0.15, 0.2) is 71.4 Å². The van der Waals surface area contributed by atoms with Crippen molar-refractivity contribution in [3.8, 4) is 0 Å². The maximum absolute atomic E-state index is 2.39. The topological polar surface area (TPSA) is 0 Å². The number of benzene rings is 1. The van der Waals surface area contributed by atoms with Crippen molar-refractivity contribution in [2.24, 2.45) is 5.41 Å².